The van der Waals surface area contributed by atoms with Crippen molar-refractivity contribution in [1.82, 2.24) is 15.5 Å². The van der Waals surface area contributed by atoms with Gasteiger partial charge in [-0.2, -0.15) is 5.26 Å². The molecule has 1 aliphatic carbocycles. The van der Waals surface area contributed by atoms with Crippen LogP contribution in [0.2, 0.25) is 0 Å². The van der Waals surface area contributed by atoms with Crippen LogP contribution in [-0.2, 0) is 0 Å². The molecule has 2 unspecified atom stereocenters. The maximum absolute atomic E-state index is 14.9. The smallest absolute Gasteiger partial charge is 0.254 e. The van der Waals surface area contributed by atoms with Gasteiger partial charge >= 0.3 is 0 Å². The van der Waals surface area contributed by atoms with Crippen LogP contribution < -0.4 is 15.5 Å². The summed E-state index contributed by atoms with van der Waals surface area (Å²) in [6.45, 7) is 7.29. The minimum atomic E-state index is -0.740. The van der Waals surface area contributed by atoms with Crippen LogP contribution in [0.15, 0.2) is 42.5 Å². The number of amides is 1. The SMILES string of the molecule is CC(C)NC(=O)c1cc(F)c(N2CC(CC#N)(N3CCC(CNC4CC4c4ccccc4)CC3)C2)cc1F. The maximum Gasteiger partial charge on any atom is 0.254 e. The van der Waals surface area contributed by atoms with Gasteiger partial charge in [-0.25, -0.2) is 8.78 Å². The zero-order valence-corrected chi connectivity index (χ0v) is 22.2. The summed E-state index contributed by atoms with van der Waals surface area (Å²) in [4.78, 5) is 16.4. The molecule has 6 nitrogen and oxygen atoms in total. The summed E-state index contributed by atoms with van der Waals surface area (Å²) >= 11 is 0. The molecule has 0 aromatic heterocycles. The molecule has 5 rings (SSSR count). The van der Waals surface area contributed by atoms with Crippen LogP contribution in [0.5, 0.6) is 0 Å². The minimum Gasteiger partial charge on any atom is -0.365 e. The summed E-state index contributed by atoms with van der Waals surface area (Å²) in [5.41, 5.74) is 0.922. The highest BCUT2D eigenvalue weighted by molar-refractivity contribution is 5.95. The first-order chi connectivity index (χ1) is 18.3. The van der Waals surface area contributed by atoms with Crippen LogP contribution >= 0.6 is 0 Å². The van der Waals surface area contributed by atoms with Gasteiger partial charge in [-0.05, 0) is 70.3 Å². The van der Waals surface area contributed by atoms with E-state index in [1.165, 1.54) is 12.0 Å². The fourth-order valence-corrected chi connectivity index (χ4v) is 6.12. The highest BCUT2D eigenvalue weighted by Crippen LogP contribution is 2.41. The number of piperidine rings is 1. The number of nitrogens with one attached hydrogen (secondary N) is 2. The molecule has 2 atom stereocenters. The molecule has 8 heteroatoms. The Kier molecular flexibility index (Phi) is 7.69. The maximum atomic E-state index is 14.9. The predicted molar refractivity (Wildman–Crippen MR) is 144 cm³/mol. The van der Waals surface area contributed by atoms with Crippen LogP contribution in [0, 0.1) is 28.9 Å². The molecule has 2 aromatic rings. The van der Waals surface area contributed by atoms with Crippen molar-refractivity contribution >= 4 is 11.6 Å². The topological polar surface area (TPSA) is 71.4 Å². The van der Waals surface area contributed by atoms with Crippen LogP contribution in [0.1, 0.15) is 61.4 Å². The number of hydrogen-bond acceptors (Lipinski definition) is 5. The van der Waals surface area contributed by atoms with Crippen molar-refractivity contribution in [3.05, 3.63) is 65.2 Å². The van der Waals surface area contributed by atoms with E-state index in [9.17, 15) is 18.8 Å². The molecule has 2 saturated heterocycles. The molecule has 1 saturated carbocycles. The summed E-state index contributed by atoms with van der Waals surface area (Å²) in [7, 11) is 0. The van der Waals surface area contributed by atoms with Gasteiger partial charge in [0, 0.05) is 37.2 Å². The molecule has 2 aromatic carbocycles. The lowest BCUT2D eigenvalue weighted by atomic mass is 9.81. The Hall–Kier alpha value is -3.02. The van der Waals surface area contributed by atoms with Crippen molar-refractivity contribution in [3.63, 3.8) is 0 Å². The quantitative estimate of drug-likeness (QED) is 0.511. The molecule has 0 spiro atoms. The minimum absolute atomic E-state index is 0.147. The molecule has 3 fully saturated rings. The predicted octanol–water partition coefficient (Wildman–Crippen LogP) is 4.43. The lowest BCUT2D eigenvalue weighted by molar-refractivity contribution is 0.0296. The van der Waals surface area contributed by atoms with E-state index in [0.717, 1.165) is 44.6 Å². The number of nitrogens with zero attached hydrogens (tertiary/aromatic N) is 3. The van der Waals surface area contributed by atoms with Gasteiger partial charge < -0.3 is 15.5 Å². The molecule has 2 N–H and O–H groups in total. The first-order valence-corrected chi connectivity index (χ1v) is 13.7. The van der Waals surface area contributed by atoms with Crippen LogP contribution in [0.3, 0.4) is 0 Å². The lowest BCUT2D eigenvalue weighted by Gasteiger charge is -2.57. The number of carbonyl (C=O) groups is 1. The molecule has 38 heavy (non-hydrogen) atoms. The highest BCUT2D eigenvalue weighted by Gasteiger charge is 2.49. The standard InChI is InChI=1S/C30H37F2N5O/c1-20(2)35-29(38)24-14-26(32)28(16-25(24)31)36-18-30(19-36,10-11-33)37-12-8-21(9-13-37)17-34-27-15-23(27)22-6-4-3-5-7-22/h3-7,14,16,20-21,23,27,34H,8-10,12-13,15,17-19H2,1-2H3,(H,35,38). The third-order valence-electron chi connectivity index (χ3n) is 8.39. The fourth-order valence-electron chi connectivity index (χ4n) is 6.12. The highest BCUT2D eigenvalue weighted by atomic mass is 19.1. The van der Waals surface area contributed by atoms with Crippen molar-refractivity contribution in [1.29, 1.82) is 5.26 Å². The van der Waals surface area contributed by atoms with E-state index in [4.69, 9.17) is 0 Å². The van der Waals surface area contributed by atoms with Crippen LogP contribution in [-0.4, -0.2) is 61.2 Å². The van der Waals surface area contributed by atoms with E-state index in [-0.39, 0.29) is 22.8 Å². The lowest BCUT2D eigenvalue weighted by Crippen LogP contribution is -2.71. The molecule has 2 aliphatic heterocycles. The van der Waals surface area contributed by atoms with E-state index in [1.807, 2.05) is 0 Å². The van der Waals surface area contributed by atoms with Gasteiger partial charge in [-0.3, -0.25) is 9.69 Å². The number of halogens is 2. The average molecular weight is 522 g/mol. The summed E-state index contributed by atoms with van der Waals surface area (Å²) in [5.74, 6) is -0.755. The van der Waals surface area contributed by atoms with Gasteiger partial charge in [0.25, 0.3) is 5.91 Å². The Morgan fingerprint density at radius 3 is 2.50 bits per heavy atom. The van der Waals surface area contributed by atoms with Gasteiger partial charge in [0.1, 0.15) is 11.6 Å². The molecule has 2 heterocycles. The fraction of sp³-hybridized carbons (Fsp3) is 0.533. The number of anilines is 1. The third-order valence-corrected chi connectivity index (χ3v) is 8.39. The second kappa shape index (κ2) is 11.0. The first-order valence-electron chi connectivity index (χ1n) is 13.7. The third kappa shape index (κ3) is 5.55. The first kappa shape index (κ1) is 26.6. The van der Waals surface area contributed by atoms with Crippen molar-refractivity contribution in [2.75, 3.05) is 37.6 Å². The van der Waals surface area contributed by atoms with Crippen molar-refractivity contribution in [2.24, 2.45) is 5.92 Å². The molecular weight excluding hydrogens is 484 g/mol. The van der Waals surface area contributed by atoms with Gasteiger partial charge in [-0.1, -0.05) is 30.3 Å². The molecule has 3 aliphatic rings. The van der Waals surface area contributed by atoms with E-state index < -0.39 is 17.5 Å². The van der Waals surface area contributed by atoms with Crippen molar-refractivity contribution in [2.45, 2.75) is 63.1 Å². The van der Waals surface area contributed by atoms with E-state index in [2.05, 4.69) is 51.9 Å². The second-order valence-corrected chi connectivity index (χ2v) is 11.5. The Morgan fingerprint density at radius 2 is 1.84 bits per heavy atom. The van der Waals surface area contributed by atoms with E-state index in [0.29, 0.717) is 37.4 Å². The van der Waals surface area contributed by atoms with Gasteiger partial charge in [0.15, 0.2) is 0 Å². The molecular formula is C30H37F2N5O. The zero-order valence-electron chi connectivity index (χ0n) is 22.2. The van der Waals surface area contributed by atoms with E-state index in [1.54, 1.807) is 18.7 Å². The van der Waals surface area contributed by atoms with Gasteiger partial charge in [-0.15, -0.1) is 0 Å². The number of nitriles is 1. The average Bonchev–Trinajstić information content (AvgIpc) is 3.66. The molecule has 1 amide bonds. The number of carbonyl (C=O) groups excluding carboxylic acids is 1. The number of rotatable bonds is 9. The Bertz CT molecular complexity index is 1180. The molecule has 202 valence electrons. The summed E-state index contributed by atoms with van der Waals surface area (Å²) in [6, 6.07) is 15.5. The second-order valence-electron chi connectivity index (χ2n) is 11.5. The largest absolute Gasteiger partial charge is 0.365 e. The number of likely N-dealkylation sites (tertiary alicyclic amines) is 1. The normalized spacial score (nSPS) is 23.1. The van der Waals surface area contributed by atoms with Gasteiger partial charge in [0.05, 0.1) is 29.3 Å². The van der Waals surface area contributed by atoms with Crippen molar-refractivity contribution < 1.29 is 13.6 Å². The summed E-state index contributed by atoms with van der Waals surface area (Å²) in [6.07, 6.45) is 3.67. The van der Waals surface area contributed by atoms with Gasteiger partial charge in [0.2, 0.25) is 0 Å². The Morgan fingerprint density at radius 1 is 1.13 bits per heavy atom. The number of hydrogen-bond donors (Lipinski definition) is 2. The monoisotopic (exact) mass is 521 g/mol. The molecule has 0 bridgehead atoms. The van der Waals surface area contributed by atoms with Crippen LogP contribution in [0.4, 0.5) is 14.5 Å². The number of benzene rings is 2. The van der Waals surface area contributed by atoms with E-state index >= 15 is 0 Å². The zero-order chi connectivity index (χ0) is 26.9. The summed E-state index contributed by atoms with van der Waals surface area (Å²) < 4.78 is 29.7. The summed E-state index contributed by atoms with van der Waals surface area (Å²) in [5, 5.41) is 15.9. The molecule has 0 radical (unpaired) electrons. The Labute approximate surface area is 224 Å². The van der Waals surface area contributed by atoms with Crippen LogP contribution in [0.25, 0.3) is 0 Å². The Balaban J connectivity index is 1.14. The van der Waals surface area contributed by atoms with Crippen molar-refractivity contribution in [3.8, 4) is 6.07 Å².